The molecule has 0 fully saturated rings. The van der Waals surface area contributed by atoms with E-state index in [0.29, 0.717) is 5.56 Å². The predicted molar refractivity (Wildman–Crippen MR) is 72.0 cm³/mol. The van der Waals surface area contributed by atoms with Gasteiger partial charge in [-0.25, -0.2) is 5.43 Å². The molecule has 104 valence electrons. The lowest BCUT2D eigenvalue weighted by Crippen LogP contribution is -2.37. The molecule has 8 heteroatoms. The Morgan fingerprint density at radius 2 is 1.95 bits per heavy atom. The average Bonchev–Trinajstić information content (AvgIpc) is 2.45. The third-order valence-electron chi connectivity index (χ3n) is 2.10. The number of carbonyl (C=O) groups is 2. The van der Waals surface area contributed by atoms with Gasteiger partial charge in [0.15, 0.2) is 0 Å². The zero-order chi connectivity index (χ0) is 15.0. The second kappa shape index (κ2) is 7.41. The van der Waals surface area contributed by atoms with Crippen LogP contribution in [0.4, 0.5) is 5.69 Å². The van der Waals surface area contributed by atoms with Crippen LogP contribution in [0.15, 0.2) is 42.0 Å². The first-order valence-electron chi connectivity index (χ1n) is 5.51. The summed E-state index contributed by atoms with van der Waals surface area (Å²) >= 11 is 0. The van der Waals surface area contributed by atoms with Gasteiger partial charge in [0, 0.05) is 18.7 Å². The number of hydrazone groups is 1. The Hall–Kier alpha value is -3.03. The summed E-state index contributed by atoms with van der Waals surface area (Å²) in [5.74, 6) is -1.74. The number of hydrogen-bond acceptors (Lipinski definition) is 5. The molecule has 0 bridgehead atoms. The molecule has 0 aliphatic carbocycles. The number of non-ortho nitro benzene ring substituents is 1. The van der Waals surface area contributed by atoms with Crippen molar-refractivity contribution in [3.63, 3.8) is 0 Å². The lowest BCUT2D eigenvalue weighted by Gasteiger charge is -1.99. The van der Waals surface area contributed by atoms with Gasteiger partial charge in [-0.2, -0.15) is 5.10 Å². The number of nitrogens with one attached hydrogen (secondary N) is 2. The monoisotopic (exact) mass is 276 g/mol. The molecule has 1 rings (SSSR count). The van der Waals surface area contributed by atoms with Gasteiger partial charge in [0.05, 0.1) is 11.1 Å². The van der Waals surface area contributed by atoms with Crippen LogP contribution in [0.3, 0.4) is 0 Å². The molecule has 2 N–H and O–H groups in total. The molecule has 0 unspecified atom stereocenters. The topological polar surface area (TPSA) is 114 Å². The molecule has 0 aromatic heterocycles. The molecule has 1 aromatic carbocycles. The van der Waals surface area contributed by atoms with Crippen molar-refractivity contribution in [3.8, 4) is 0 Å². The molecule has 0 saturated heterocycles. The highest BCUT2D eigenvalue weighted by Crippen LogP contribution is 2.10. The van der Waals surface area contributed by atoms with E-state index in [1.54, 1.807) is 0 Å². The molecule has 0 saturated carbocycles. The SMILES string of the molecule is C=CCNC(=O)C(=O)N/N=C\c1ccc([N+](=O)[O-])cc1. The van der Waals surface area contributed by atoms with Gasteiger partial charge in [-0.1, -0.05) is 6.08 Å². The van der Waals surface area contributed by atoms with Crippen molar-refractivity contribution in [1.29, 1.82) is 0 Å². The van der Waals surface area contributed by atoms with Crippen molar-refractivity contribution >= 4 is 23.7 Å². The smallest absolute Gasteiger partial charge is 0.329 e. The second-order valence-electron chi connectivity index (χ2n) is 3.55. The first-order valence-corrected chi connectivity index (χ1v) is 5.51. The van der Waals surface area contributed by atoms with Crippen molar-refractivity contribution in [2.75, 3.05) is 6.54 Å². The molecular formula is C12H12N4O4. The summed E-state index contributed by atoms with van der Waals surface area (Å²) in [5.41, 5.74) is 2.53. The highest BCUT2D eigenvalue weighted by molar-refractivity contribution is 6.35. The van der Waals surface area contributed by atoms with Gasteiger partial charge in [-0.3, -0.25) is 19.7 Å². The van der Waals surface area contributed by atoms with Gasteiger partial charge in [0.2, 0.25) is 0 Å². The summed E-state index contributed by atoms with van der Waals surface area (Å²) in [6.07, 6.45) is 2.70. The third kappa shape index (κ3) is 4.69. The van der Waals surface area contributed by atoms with Crippen LogP contribution in [0.1, 0.15) is 5.56 Å². The molecule has 2 amide bonds. The Morgan fingerprint density at radius 3 is 2.50 bits per heavy atom. The van der Waals surface area contributed by atoms with Gasteiger partial charge in [-0.05, 0) is 17.7 Å². The fourth-order valence-electron chi connectivity index (χ4n) is 1.14. The maximum absolute atomic E-state index is 11.2. The number of nitro groups is 1. The lowest BCUT2D eigenvalue weighted by atomic mass is 10.2. The second-order valence-corrected chi connectivity index (χ2v) is 3.55. The van der Waals surface area contributed by atoms with Crippen LogP contribution in [-0.4, -0.2) is 29.5 Å². The number of nitrogens with zero attached hydrogens (tertiary/aromatic N) is 2. The molecule has 0 radical (unpaired) electrons. The molecule has 1 aromatic rings. The largest absolute Gasteiger partial charge is 0.344 e. The van der Waals surface area contributed by atoms with E-state index in [4.69, 9.17) is 0 Å². The van der Waals surface area contributed by atoms with Crippen LogP contribution in [-0.2, 0) is 9.59 Å². The Labute approximate surface area is 114 Å². The van der Waals surface area contributed by atoms with Crippen molar-refractivity contribution in [2.24, 2.45) is 5.10 Å². The Bertz CT molecular complexity index is 551. The molecule has 0 heterocycles. The minimum absolute atomic E-state index is 0.0463. The van der Waals surface area contributed by atoms with Crippen LogP contribution in [0.25, 0.3) is 0 Å². The Kier molecular flexibility index (Phi) is 5.57. The number of carbonyl (C=O) groups excluding carboxylic acids is 2. The van der Waals surface area contributed by atoms with Crippen LogP contribution in [0.2, 0.25) is 0 Å². The fraction of sp³-hybridized carbons (Fsp3) is 0.0833. The third-order valence-corrected chi connectivity index (χ3v) is 2.10. The fourth-order valence-corrected chi connectivity index (χ4v) is 1.14. The molecule has 8 nitrogen and oxygen atoms in total. The minimum Gasteiger partial charge on any atom is -0.344 e. The van der Waals surface area contributed by atoms with E-state index in [-0.39, 0.29) is 12.2 Å². The maximum atomic E-state index is 11.2. The summed E-state index contributed by atoms with van der Waals surface area (Å²) in [7, 11) is 0. The minimum atomic E-state index is -0.912. The quantitative estimate of drug-likeness (QED) is 0.265. The Balaban J connectivity index is 2.52. The molecule has 0 spiro atoms. The van der Waals surface area contributed by atoms with Crippen molar-refractivity contribution in [3.05, 3.63) is 52.6 Å². The summed E-state index contributed by atoms with van der Waals surface area (Å²) in [6.45, 7) is 3.57. The first-order chi connectivity index (χ1) is 9.54. The normalized spacial score (nSPS) is 10.0. The van der Waals surface area contributed by atoms with E-state index in [1.165, 1.54) is 36.6 Å². The first kappa shape index (κ1) is 15.0. The van der Waals surface area contributed by atoms with Gasteiger partial charge in [0.25, 0.3) is 5.69 Å². The van der Waals surface area contributed by atoms with Crippen LogP contribution < -0.4 is 10.7 Å². The predicted octanol–water partition coefficient (Wildman–Crippen LogP) is 0.347. The molecule has 20 heavy (non-hydrogen) atoms. The van der Waals surface area contributed by atoms with Crippen LogP contribution >= 0.6 is 0 Å². The van der Waals surface area contributed by atoms with E-state index in [1.807, 2.05) is 5.43 Å². The number of hydrogen-bond donors (Lipinski definition) is 2. The van der Waals surface area contributed by atoms with Crippen molar-refractivity contribution in [2.45, 2.75) is 0 Å². The number of amides is 2. The summed E-state index contributed by atoms with van der Waals surface area (Å²) < 4.78 is 0. The Morgan fingerprint density at radius 1 is 1.30 bits per heavy atom. The van der Waals surface area contributed by atoms with Crippen LogP contribution in [0, 0.1) is 10.1 Å². The van der Waals surface area contributed by atoms with Crippen molar-refractivity contribution in [1.82, 2.24) is 10.7 Å². The number of nitro benzene ring substituents is 1. The highest BCUT2D eigenvalue weighted by atomic mass is 16.6. The van der Waals surface area contributed by atoms with E-state index in [2.05, 4.69) is 17.0 Å². The van der Waals surface area contributed by atoms with E-state index >= 15 is 0 Å². The lowest BCUT2D eigenvalue weighted by molar-refractivity contribution is -0.384. The number of rotatable bonds is 5. The molecular weight excluding hydrogens is 264 g/mol. The van der Waals surface area contributed by atoms with Gasteiger partial charge in [0.1, 0.15) is 0 Å². The molecule has 0 aliphatic rings. The van der Waals surface area contributed by atoms with E-state index in [9.17, 15) is 19.7 Å². The summed E-state index contributed by atoms with van der Waals surface area (Å²) in [5, 5.41) is 16.3. The maximum Gasteiger partial charge on any atom is 0.329 e. The van der Waals surface area contributed by atoms with Crippen molar-refractivity contribution < 1.29 is 14.5 Å². The zero-order valence-electron chi connectivity index (χ0n) is 10.4. The number of benzene rings is 1. The highest BCUT2D eigenvalue weighted by Gasteiger charge is 2.10. The van der Waals surface area contributed by atoms with Gasteiger partial charge >= 0.3 is 11.8 Å². The summed E-state index contributed by atoms with van der Waals surface area (Å²) in [4.78, 5) is 32.3. The van der Waals surface area contributed by atoms with Gasteiger partial charge in [-0.15, -0.1) is 6.58 Å². The van der Waals surface area contributed by atoms with E-state index in [0.717, 1.165) is 0 Å². The molecule has 0 atom stereocenters. The molecule has 0 aliphatic heterocycles. The standard InChI is InChI=1S/C12H12N4O4/c1-2-7-13-11(17)12(18)15-14-8-9-3-5-10(6-4-9)16(19)20/h2-6,8H,1,7H2,(H,13,17)(H,15,18)/b14-8-. The summed E-state index contributed by atoms with van der Waals surface area (Å²) in [6, 6.07) is 5.54. The average molecular weight is 276 g/mol. The van der Waals surface area contributed by atoms with E-state index < -0.39 is 16.7 Å². The van der Waals surface area contributed by atoms with Gasteiger partial charge < -0.3 is 5.32 Å². The zero-order valence-corrected chi connectivity index (χ0v) is 10.4. The van der Waals surface area contributed by atoms with Crippen LogP contribution in [0.5, 0.6) is 0 Å².